The third kappa shape index (κ3) is 1.21. The Morgan fingerprint density at radius 1 is 1.27 bits per heavy atom. The monoisotopic (exact) mass is 208 g/mol. The summed E-state index contributed by atoms with van der Waals surface area (Å²) in [5.41, 5.74) is -0.0742. The molecule has 0 aliphatic rings. The van der Waals surface area contributed by atoms with Crippen LogP contribution in [0, 0.1) is 0 Å². The highest BCUT2D eigenvalue weighted by atomic mass is 16.2. The molecular weight excluding hydrogens is 196 g/mol. The first-order valence-corrected chi connectivity index (χ1v) is 4.87. The van der Waals surface area contributed by atoms with E-state index in [-0.39, 0.29) is 11.2 Å². The number of hydrogen-bond acceptors (Lipinski definition) is 3. The predicted molar refractivity (Wildman–Crippen MR) is 56.0 cm³/mol. The van der Waals surface area contributed by atoms with Gasteiger partial charge in [0.15, 0.2) is 0 Å². The van der Waals surface area contributed by atoms with Crippen LogP contribution in [0.4, 0.5) is 0 Å². The van der Waals surface area contributed by atoms with Gasteiger partial charge in [0.2, 0.25) is 0 Å². The van der Waals surface area contributed by atoms with Gasteiger partial charge in [-0.2, -0.15) is 5.10 Å². The molecule has 6 nitrogen and oxygen atoms in total. The van der Waals surface area contributed by atoms with Crippen molar-refractivity contribution in [3.05, 3.63) is 27.0 Å². The molecule has 2 aromatic heterocycles. The van der Waals surface area contributed by atoms with Gasteiger partial charge in [0.1, 0.15) is 11.0 Å². The second-order valence-corrected chi connectivity index (χ2v) is 3.21. The maximum Gasteiger partial charge on any atom is 0.332 e. The average Bonchev–Trinajstić information content (AvgIpc) is 2.68. The van der Waals surface area contributed by atoms with Gasteiger partial charge in [-0.05, 0) is 13.8 Å². The molecule has 0 radical (unpaired) electrons. The van der Waals surface area contributed by atoms with Crippen LogP contribution >= 0.6 is 0 Å². The molecular formula is C9H12N4O2. The van der Waals surface area contributed by atoms with E-state index >= 15 is 0 Å². The largest absolute Gasteiger partial charge is 0.332 e. The number of nitrogens with zero attached hydrogens (tertiary/aromatic N) is 3. The van der Waals surface area contributed by atoms with Crippen molar-refractivity contribution in [2.45, 2.75) is 26.9 Å². The van der Waals surface area contributed by atoms with E-state index in [0.717, 1.165) is 0 Å². The van der Waals surface area contributed by atoms with Crippen LogP contribution in [0.1, 0.15) is 13.8 Å². The minimum Gasteiger partial charge on any atom is -0.278 e. The SMILES string of the molecule is CCn1c(=O)c2cn[nH]c2n(CC)c1=O. The van der Waals surface area contributed by atoms with Gasteiger partial charge in [-0.1, -0.05) is 0 Å². The van der Waals surface area contributed by atoms with Gasteiger partial charge < -0.3 is 0 Å². The van der Waals surface area contributed by atoms with Crippen molar-refractivity contribution < 1.29 is 0 Å². The molecule has 0 saturated heterocycles. The molecule has 0 saturated carbocycles. The fraction of sp³-hybridized carbons (Fsp3) is 0.444. The number of hydrogen-bond donors (Lipinski definition) is 1. The summed E-state index contributed by atoms with van der Waals surface area (Å²) in [4.78, 5) is 23.6. The first-order chi connectivity index (χ1) is 7.20. The standard InChI is InChI=1S/C9H12N4O2/c1-3-12-7-6(5-10-11-7)8(14)13(4-2)9(12)15/h5H,3-4H2,1-2H3,(H,10,11). The van der Waals surface area contributed by atoms with Gasteiger partial charge in [0.05, 0.1) is 6.20 Å². The van der Waals surface area contributed by atoms with E-state index in [1.165, 1.54) is 15.3 Å². The van der Waals surface area contributed by atoms with E-state index in [9.17, 15) is 9.59 Å². The zero-order valence-corrected chi connectivity index (χ0v) is 8.65. The van der Waals surface area contributed by atoms with Crippen LogP contribution in [-0.4, -0.2) is 19.3 Å². The number of aryl methyl sites for hydroxylation is 1. The van der Waals surface area contributed by atoms with Gasteiger partial charge in [0, 0.05) is 13.1 Å². The Bertz CT molecular complexity index is 605. The molecule has 2 heterocycles. The van der Waals surface area contributed by atoms with Crippen LogP contribution in [0.2, 0.25) is 0 Å². The summed E-state index contributed by atoms with van der Waals surface area (Å²) in [7, 11) is 0. The van der Waals surface area contributed by atoms with Crippen LogP contribution in [-0.2, 0) is 13.1 Å². The summed E-state index contributed by atoms with van der Waals surface area (Å²) < 4.78 is 2.72. The minimum atomic E-state index is -0.290. The quantitative estimate of drug-likeness (QED) is 0.750. The summed E-state index contributed by atoms with van der Waals surface area (Å²) >= 11 is 0. The Kier molecular flexibility index (Phi) is 2.18. The number of aromatic amines is 1. The lowest BCUT2D eigenvalue weighted by molar-refractivity contribution is 0.605. The molecule has 2 rings (SSSR count). The highest BCUT2D eigenvalue weighted by Gasteiger charge is 2.11. The van der Waals surface area contributed by atoms with E-state index in [0.29, 0.717) is 24.1 Å². The molecule has 0 bridgehead atoms. The number of rotatable bonds is 2. The van der Waals surface area contributed by atoms with Crippen LogP contribution in [0.3, 0.4) is 0 Å². The minimum absolute atomic E-state index is 0.282. The Morgan fingerprint density at radius 3 is 2.53 bits per heavy atom. The molecule has 6 heteroatoms. The molecule has 0 amide bonds. The van der Waals surface area contributed by atoms with Crippen molar-refractivity contribution in [1.29, 1.82) is 0 Å². The van der Waals surface area contributed by atoms with Crippen LogP contribution in [0.25, 0.3) is 11.0 Å². The van der Waals surface area contributed by atoms with Gasteiger partial charge in [-0.15, -0.1) is 0 Å². The van der Waals surface area contributed by atoms with Crippen molar-refractivity contribution in [2.75, 3.05) is 0 Å². The average molecular weight is 208 g/mol. The lowest BCUT2D eigenvalue weighted by Gasteiger charge is -2.07. The van der Waals surface area contributed by atoms with Crippen molar-refractivity contribution in [2.24, 2.45) is 0 Å². The van der Waals surface area contributed by atoms with E-state index in [4.69, 9.17) is 0 Å². The summed E-state index contributed by atoms with van der Waals surface area (Å²) in [6, 6.07) is 0. The van der Waals surface area contributed by atoms with Gasteiger partial charge in [-0.25, -0.2) is 4.79 Å². The Labute approximate surface area is 85.2 Å². The van der Waals surface area contributed by atoms with E-state index < -0.39 is 0 Å². The summed E-state index contributed by atoms with van der Waals surface area (Å²) in [5.74, 6) is 0. The Hall–Kier alpha value is -1.85. The second-order valence-electron chi connectivity index (χ2n) is 3.21. The fourth-order valence-corrected chi connectivity index (χ4v) is 1.69. The summed E-state index contributed by atoms with van der Waals surface area (Å²) in [6.45, 7) is 4.51. The predicted octanol–water partition coefficient (Wildman–Crippen LogP) is -0.0739. The molecule has 0 unspecified atom stereocenters. The summed E-state index contributed by atoms with van der Waals surface area (Å²) in [6.07, 6.45) is 1.45. The topological polar surface area (TPSA) is 72.7 Å². The van der Waals surface area contributed by atoms with Gasteiger partial charge in [0.25, 0.3) is 5.56 Å². The molecule has 0 aliphatic carbocycles. The number of fused-ring (bicyclic) bond motifs is 1. The molecule has 15 heavy (non-hydrogen) atoms. The molecule has 2 aromatic rings. The smallest absolute Gasteiger partial charge is 0.278 e. The third-order valence-electron chi connectivity index (χ3n) is 2.46. The van der Waals surface area contributed by atoms with E-state index in [2.05, 4.69) is 10.2 Å². The molecule has 0 aliphatic heterocycles. The normalized spacial score (nSPS) is 11.1. The Balaban J connectivity index is 3.04. The number of H-pyrrole nitrogens is 1. The molecule has 0 aromatic carbocycles. The van der Waals surface area contributed by atoms with Crippen LogP contribution < -0.4 is 11.2 Å². The zero-order chi connectivity index (χ0) is 11.0. The second kappa shape index (κ2) is 3.38. The molecule has 0 spiro atoms. The maximum absolute atomic E-state index is 11.8. The highest BCUT2D eigenvalue weighted by molar-refractivity contribution is 5.72. The Morgan fingerprint density at radius 2 is 1.93 bits per heavy atom. The third-order valence-corrected chi connectivity index (χ3v) is 2.46. The van der Waals surface area contributed by atoms with E-state index in [1.54, 1.807) is 6.92 Å². The first-order valence-electron chi connectivity index (χ1n) is 4.87. The molecule has 0 fully saturated rings. The van der Waals surface area contributed by atoms with Gasteiger partial charge >= 0.3 is 5.69 Å². The lowest BCUT2D eigenvalue weighted by Crippen LogP contribution is -2.39. The zero-order valence-electron chi connectivity index (χ0n) is 8.65. The fourth-order valence-electron chi connectivity index (χ4n) is 1.69. The number of aromatic nitrogens is 4. The molecule has 80 valence electrons. The van der Waals surface area contributed by atoms with Crippen LogP contribution in [0.5, 0.6) is 0 Å². The number of nitrogens with one attached hydrogen (secondary N) is 1. The van der Waals surface area contributed by atoms with Crippen molar-refractivity contribution in [3.8, 4) is 0 Å². The lowest BCUT2D eigenvalue weighted by atomic mass is 10.4. The maximum atomic E-state index is 11.8. The van der Waals surface area contributed by atoms with Crippen molar-refractivity contribution in [1.82, 2.24) is 19.3 Å². The highest BCUT2D eigenvalue weighted by Crippen LogP contribution is 2.01. The summed E-state index contributed by atoms with van der Waals surface area (Å²) in [5, 5.41) is 6.92. The van der Waals surface area contributed by atoms with Crippen molar-refractivity contribution >= 4 is 11.0 Å². The van der Waals surface area contributed by atoms with Crippen molar-refractivity contribution in [3.63, 3.8) is 0 Å². The van der Waals surface area contributed by atoms with Gasteiger partial charge in [-0.3, -0.25) is 19.0 Å². The first kappa shape index (κ1) is 9.70. The van der Waals surface area contributed by atoms with E-state index in [1.807, 2.05) is 6.92 Å². The van der Waals surface area contributed by atoms with Crippen LogP contribution in [0.15, 0.2) is 15.8 Å². The molecule has 1 N–H and O–H groups in total. The molecule has 0 atom stereocenters.